The second kappa shape index (κ2) is 5.58. The Labute approximate surface area is 115 Å². The third-order valence-electron chi connectivity index (χ3n) is 2.47. The molecule has 5 nitrogen and oxygen atoms in total. The minimum atomic E-state index is -0.283. The van der Waals surface area contributed by atoms with Gasteiger partial charge in [-0.1, -0.05) is 11.6 Å². The van der Waals surface area contributed by atoms with Gasteiger partial charge in [0.2, 0.25) is 5.88 Å². The molecule has 0 bridgehead atoms. The maximum atomic E-state index is 12.0. The number of amides is 1. The lowest BCUT2D eigenvalue weighted by Crippen LogP contribution is -2.12. The van der Waals surface area contributed by atoms with Gasteiger partial charge in [0.15, 0.2) is 0 Å². The van der Waals surface area contributed by atoms with Gasteiger partial charge in [0, 0.05) is 11.6 Å². The number of carbonyl (C=O) groups is 1. The van der Waals surface area contributed by atoms with Gasteiger partial charge in [0.1, 0.15) is 0 Å². The highest BCUT2D eigenvalue weighted by Crippen LogP contribution is 2.20. The Morgan fingerprint density at radius 2 is 2.16 bits per heavy atom. The van der Waals surface area contributed by atoms with Crippen molar-refractivity contribution in [3.05, 3.63) is 47.1 Å². The van der Waals surface area contributed by atoms with Gasteiger partial charge < -0.3 is 15.8 Å². The summed E-state index contributed by atoms with van der Waals surface area (Å²) in [5.41, 5.74) is 7.01. The van der Waals surface area contributed by atoms with E-state index in [-0.39, 0.29) is 5.91 Å². The molecule has 1 aromatic heterocycles. The number of aromatic nitrogens is 1. The molecule has 1 heterocycles. The molecule has 0 saturated carbocycles. The molecule has 0 radical (unpaired) electrons. The Balaban J connectivity index is 2.13. The first-order valence-corrected chi connectivity index (χ1v) is 5.84. The molecule has 2 rings (SSSR count). The number of benzene rings is 1. The van der Waals surface area contributed by atoms with Crippen LogP contribution in [0, 0.1) is 0 Å². The third-order valence-corrected chi connectivity index (χ3v) is 2.79. The minimum Gasteiger partial charge on any atom is -0.481 e. The maximum Gasteiger partial charge on any atom is 0.255 e. The van der Waals surface area contributed by atoms with Crippen LogP contribution in [-0.2, 0) is 0 Å². The van der Waals surface area contributed by atoms with Crippen LogP contribution in [0.2, 0.25) is 5.02 Å². The fourth-order valence-electron chi connectivity index (χ4n) is 1.45. The number of carbonyl (C=O) groups excluding carboxylic acids is 1. The number of hydrogen-bond donors (Lipinski definition) is 2. The van der Waals surface area contributed by atoms with Crippen LogP contribution in [0.25, 0.3) is 0 Å². The molecule has 1 aromatic carbocycles. The average molecular weight is 278 g/mol. The molecule has 0 atom stereocenters. The molecule has 2 aromatic rings. The topological polar surface area (TPSA) is 77.2 Å². The van der Waals surface area contributed by atoms with Gasteiger partial charge >= 0.3 is 0 Å². The van der Waals surface area contributed by atoms with E-state index in [1.807, 2.05) is 0 Å². The van der Waals surface area contributed by atoms with E-state index in [0.29, 0.717) is 27.8 Å². The second-order valence-electron chi connectivity index (χ2n) is 3.78. The number of nitrogens with one attached hydrogen (secondary N) is 1. The molecular formula is C13H12ClN3O2. The molecule has 19 heavy (non-hydrogen) atoms. The van der Waals surface area contributed by atoms with Crippen molar-refractivity contribution in [3.8, 4) is 5.88 Å². The standard InChI is InChI=1S/C13H12ClN3O2/c1-19-12-5-3-9(7-16-12)17-13(18)8-2-4-11(15)10(14)6-8/h2-7H,15H2,1H3,(H,17,18). The highest BCUT2D eigenvalue weighted by Gasteiger charge is 2.08. The molecular weight excluding hydrogens is 266 g/mol. The molecule has 0 aliphatic rings. The summed E-state index contributed by atoms with van der Waals surface area (Å²) in [6.45, 7) is 0. The van der Waals surface area contributed by atoms with Gasteiger partial charge in [-0.2, -0.15) is 0 Å². The summed E-state index contributed by atoms with van der Waals surface area (Å²) < 4.78 is 4.93. The van der Waals surface area contributed by atoms with Crippen molar-refractivity contribution in [3.63, 3.8) is 0 Å². The summed E-state index contributed by atoms with van der Waals surface area (Å²) >= 11 is 5.87. The summed E-state index contributed by atoms with van der Waals surface area (Å²) in [7, 11) is 1.52. The number of ether oxygens (including phenoxy) is 1. The molecule has 98 valence electrons. The lowest BCUT2D eigenvalue weighted by Gasteiger charge is -2.06. The molecule has 0 aliphatic heterocycles. The number of nitrogen functional groups attached to an aromatic ring is 1. The highest BCUT2D eigenvalue weighted by molar-refractivity contribution is 6.33. The molecule has 0 unspecified atom stereocenters. The molecule has 0 aliphatic carbocycles. The summed E-state index contributed by atoms with van der Waals surface area (Å²) in [6.07, 6.45) is 1.51. The van der Waals surface area contributed by atoms with E-state index in [0.717, 1.165) is 0 Å². The van der Waals surface area contributed by atoms with Crippen LogP contribution in [0.1, 0.15) is 10.4 Å². The lowest BCUT2D eigenvalue weighted by molar-refractivity contribution is 0.102. The quantitative estimate of drug-likeness (QED) is 0.846. The third kappa shape index (κ3) is 3.14. The first-order valence-electron chi connectivity index (χ1n) is 5.46. The number of pyridine rings is 1. The van der Waals surface area contributed by atoms with Crippen molar-refractivity contribution in [2.45, 2.75) is 0 Å². The van der Waals surface area contributed by atoms with Crippen LogP contribution in [0.5, 0.6) is 5.88 Å². The largest absolute Gasteiger partial charge is 0.481 e. The zero-order chi connectivity index (χ0) is 13.8. The maximum absolute atomic E-state index is 12.0. The number of rotatable bonds is 3. The molecule has 0 saturated heterocycles. The van der Waals surface area contributed by atoms with E-state index in [1.165, 1.54) is 19.4 Å². The SMILES string of the molecule is COc1ccc(NC(=O)c2ccc(N)c(Cl)c2)cn1. The lowest BCUT2D eigenvalue weighted by atomic mass is 10.2. The van der Waals surface area contributed by atoms with Crippen molar-refractivity contribution in [1.82, 2.24) is 4.98 Å². The Bertz CT molecular complexity index is 599. The van der Waals surface area contributed by atoms with Crippen LogP contribution >= 0.6 is 11.6 Å². The van der Waals surface area contributed by atoms with Gasteiger partial charge in [0.05, 0.1) is 29.7 Å². The van der Waals surface area contributed by atoms with Crippen molar-refractivity contribution in [2.75, 3.05) is 18.2 Å². The van der Waals surface area contributed by atoms with Gasteiger partial charge in [-0.15, -0.1) is 0 Å². The van der Waals surface area contributed by atoms with Gasteiger partial charge in [0.25, 0.3) is 5.91 Å². The van der Waals surface area contributed by atoms with Crippen LogP contribution in [-0.4, -0.2) is 18.0 Å². The molecule has 6 heteroatoms. The molecule has 0 spiro atoms. The number of anilines is 2. The normalized spacial score (nSPS) is 10.0. The Kier molecular flexibility index (Phi) is 3.87. The molecule has 0 fully saturated rings. The first kappa shape index (κ1) is 13.2. The van der Waals surface area contributed by atoms with Crippen molar-refractivity contribution in [1.29, 1.82) is 0 Å². The van der Waals surface area contributed by atoms with Gasteiger partial charge in [-0.05, 0) is 24.3 Å². The second-order valence-corrected chi connectivity index (χ2v) is 4.19. The zero-order valence-electron chi connectivity index (χ0n) is 10.2. The zero-order valence-corrected chi connectivity index (χ0v) is 10.9. The number of halogens is 1. The predicted molar refractivity (Wildman–Crippen MR) is 74.6 cm³/mol. The first-order chi connectivity index (χ1) is 9.10. The van der Waals surface area contributed by atoms with E-state index >= 15 is 0 Å². The van der Waals surface area contributed by atoms with Crippen molar-refractivity contribution >= 4 is 28.9 Å². The summed E-state index contributed by atoms with van der Waals surface area (Å²) in [5, 5.41) is 3.05. The van der Waals surface area contributed by atoms with Crippen LogP contribution in [0.4, 0.5) is 11.4 Å². The average Bonchev–Trinajstić information content (AvgIpc) is 2.42. The minimum absolute atomic E-state index is 0.283. The van der Waals surface area contributed by atoms with E-state index in [9.17, 15) is 4.79 Å². The Morgan fingerprint density at radius 3 is 2.74 bits per heavy atom. The van der Waals surface area contributed by atoms with E-state index in [2.05, 4.69) is 10.3 Å². The van der Waals surface area contributed by atoms with E-state index in [1.54, 1.807) is 24.3 Å². The van der Waals surface area contributed by atoms with Gasteiger partial charge in [-0.25, -0.2) is 4.98 Å². The van der Waals surface area contributed by atoms with Crippen LogP contribution in [0.15, 0.2) is 36.5 Å². The fourth-order valence-corrected chi connectivity index (χ4v) is 1.63. The smallest absolute Gasteiger partial charge is 0.255 e. The number of nitrogens with two attached hydrogens (primary N) is 1. The van der Waals surface area contributed by atoms with E-state index < -0.39 is 0 Å². The van der Waals surface area contributed by atoms with Crippen LogP contribution in [0.3, 0.4) is 0 Å². The summed E-state index contributed by atoms with van der Waals surface area (Å²) in [5.74, 6) is 0.197. The van der Waals surface area contributed by atoms with Gasteiger partial charge in [-0.3, -0.25) is 4.79 Å². The van der Waals surface area contributed by atoms with Crippen LogP contribution < -0.4 is 15.8 Å². The molecule has 3 N–H and O–H groups in total. The number of methoxy groups -OCH3 is 1. The summed E-state index contributed by atoms with van der Waals surface area (Å²) in [6, 6.07) is 8.06. The fraction of sp³-hybridized carbons (Fsp3) is 0.0769. The summed E-state index contributed by atoms with van der Waals surface area (Å²) in [4.78, 5) is 16.0. The van der Waals surface area contributed by atoms with Crippen molar-refractivity contribution < 1.29 is 9.53 Å². The predicted octanol–water partition coefficient (Wildman–Crippen LogP) is 2.58. The Hall–Kier alpha value is -2.27. The van der Waals surface area contributed by atoms with Crippen molar-refractivity contribution in [2.24, 2.45) is 0 Å². The van der Waals surface area contributed by atoms with E-state index in [4.69, 9.17) is 22.1 Å². The Morgan fingerprint density at radius 1 is 1.37 bits per heavy atom. The monoisotopic (exact) mass is 277 g/mol. The number of nitrogens with zero attached hydrogens (tertiary/aromatic N) is 1. The highest BCUT2D eigenvalue weighted by atomic mass is 35.5. The number of hydrogen-bond acceptors (Lipinski definition) is 4. The molecule has 1 amide bonds.